The van der Waals surface area contributed by atoms with Gasteiger partial charge < -0.3 is 0 Å². The van der Waals surface area contributed by atoms with Crippen LogP contribution in [0.4, 0.5) is 0 Å². The Bertz CT molecular complexity index is 228. The number of carbonyl (C=O) groups is 1. The minimum Gasteiger partial charge on any atom is -0.300 e. The number of ketones is 1. The maximum Gasteiger partial charge on any atom is 0.133 e. The Hall–Kier alpha value is -0.410. The molecular weight excluding hydrogens is 190 g/mol. The zero-order valence-electron chi connectivity index (χ0n) is 9.02. The average Bonchev–Trinajstić information content (AvgIpc) is 2.19. The molecule has 3 radical (unpaired) electrons. The van der Waals surface area contributed by atoms with Crippen LogP contribution in [0.5, 0.6) is 0 Å². The number of piperidine rings is 2. The number of carbonyl (C=O) groups excluding carboxylic acids is 1. The van der Waals surface area contributed by atoms with Gasteiger partial charge in [-0.25, -0.2) is 0 Å². The number of hydroxylamine groups is 2. The molecule has 2 aliphatic heterocycles. The molecule has 2 aliphatic rings. The quantitative estimate of drug-likeness (QED) is 0.712. The van der Waals surface area contributed by atoms with Gasteiger partial charge in [0.25, 0.3) is 0 Å². The highest BCUT2D eigenvalue weighted by Crippen LogP contribution is 2.37. The molecule has 2 bridgehead atoms. The van der Waals surface area contributed by atoms with E-state index in [9.17, 15) is 10.0 Å². The van der Waals surface area contributed by atoms with E-state index in [0.29, 0.717) is 12.3 Å². The lowest BCUT2D eigenvalue weighted by atomic mass is 9.78. The standard InChI is InChI=1S/C12H18NO2/c1-2-12(14)8-9-6-10-4-3-5-11(7-9)13(10)15/h1,9-11H,2-8H2. The van der Waals surface area contributed by atoms with Gasteiger partial charge in [0.15, 0.2) is 0 Å². The van der Waals surface area contributed by atoms with Crippen molar-refractivity contribution in [3.63, 3.8) is 0 Å². The maximum atomic E-state index is 11.7. The smallest absolute Gasteiger partial charge is 0.133 e. The second-order valence-corrected chi connectivity index (χ2v) is 4.88. The summed E-state index contributed by atoms with van der Waals surface area (Å²) in [4.78, 5) is 11.3. The summed E-state index contributed by atoms with van der Waals surface area (Å²) >= 11 is 0. The van der Waals surface area contributed by atoms with Crippen molar-refractivity contribution in [1.82, 2.24) is 5.06 Å². The fraction of sp³-hybridized carbons (Fsp3) is 0.833. The van der Waals surface area contributed by atoms with Crippen molar-refractivity contribution < 1.29 is 10.0 Å². The summed E-state index contributed by atoms with van der Waals surface area (Å²) in [5.41, 5.74) is 0. The van der Waals surface area contributed by atoms with Crippen LogP contribution >= 0.6 is 0 Å². The lowest BCUT2D eigenvalue weighted by Gasteiger charge is -2.43. The van der Waals surface area contributed by atoms with E-state index in [1.807, 2.05) is 0 Å². The zero-order valence-corrected chi connectivity index (χ0v) is 9.02. The summed E-state index contributed by atoms with van der Waals surface area (Å²) in [5.74, 6) is 0.541. The van der Waals surface area contributed by atoms with E-state index in [2.05, 4.69) is 0 Å². The molecule has 3 nitrogen and oxygen atoms in total. The molecule has 2 saturated heterocycles. The van der Waals surface area contributed by atoms with Gasteiger partial charge in [0.2, 0.25) is 0 Å². The van der Waals surface area contributed by atoms with Gasteiger partial charge in [0.05, 0.1) is 0 Å². The van der Waals surface area contributed by atoms with Gasteiger partial charge in [-0.05, 0) is 38.5 Å². The summed E-state index contributed by atoms with van der Waals surface area (Å²) in [6, 6.07) is 0.348. The van der Waals surface area contributed by atoms with Crippen LogP contribution in [0, 0.1) is 12.8 Å². The van der Waals surface area contributed by atoms with Gasteiger partial charge in [0.1, 0.15) is 5.78 Å². The Labute approximate surface area is 91.4 Å². The van der Waals surface area contributed by atoms with E-state index in [1.165, 1.54) is 11.5 Å². The Morgan fingerprint density at radius 1 is 1.27 bits per heavy atom. The Balaban J connectivity index is 1.92. The fourth-order valence-electron chi connectivity index (χ4n) is 3.02. The number of Topliss-reactive ketones (excluding diaryl/α,β-unsaturated/α-hetero) is 1. The largest absolute Gasteiger partial charge is 0.300 e. The van der Waals surface area contributed by atoms with Crippen molar-refractivity contribution in [1.29, 1.82) is 0 Å². The predicted octanol–water partition coefficient (Wildman–Crippen LogP) is 2.03. The minimum absolute atomic E-state index is 0.137. The van der Waals surface area contributed by atoms with Crippen molar-refractivity contribution in [2.24, 2.45) is 5.92 Å². The lowest BCUT2D eigenvalue weighted by Crippen LogP contribution is -2.49. The lowest BCUT2D eigenvalue weighted by molar-refractivity contribution is -0.250. The summed E-state index contributed by atoms with van der Waals surface area (Å²) in [6.07, 6.45) is 5.70. The molecule has 0 N–H and O–H groups in total. The monoisotopic (exact) mass is 208 g/mol. The first-order valence-electron chi connectivity index (χ1n) is 5.88. The number of rotatable bonds is 3. The number of hydrogen-bond donors (Lipinski definition) is 0. The van der Waals surface area contributed by atoms with Crippen LogP contribution < -0.4 is 0 Å². The van der Waals surface area contributed by atoms with Crippen molar-refractivity contribution in [2.45, 2.75) is 57.0 Å². The van der Waals surface area contributed by atoms with Crippen LogP contribution in [0.25, 0.3) is 0 Å². The molecule has 3 heteroatoms. The number of hydrogen-bond acceptors (Lipinski definition) is 2. The van der Waals surface area contributed by atoms with E-state index in [4.69, 9.17) is 6.92 Å². The van der Waals surface area contributed by atoms with E-state index >= 15 is 0 Å². The van der Waals surface area contributed by atoms with Gasteiger partial charge >= 0.3 is 0 Å². The first-order chi connectivity index (χ1) is 7.20. The van der Waals surface area contributed by atoms with Crippen LogP contribution in [0.3, 0.4) is 0 Å². The molecule has 15 heavy (non-hydrogen) atoms. The first-order valence-corrected chi connectivity index (χ1v) is 5.88. The fourth-order valence-corrected chi connectivity index (χ4v) is 3.02. The Morgan fingerprint density at radius 3 is 2.40 bits per heavy atom. The van der Waals surface area contributed by atoms with Crippen molar-refractivity contribution >= 4 is 5.78 Å². The maximum absolute atomic E-state index is 11.7. The molecule has 2 unspecified atom stereocenters. The molecule has 0 aromatic heterocycles. The van der Waals surface area contributed by atoms with Gasteiger partial charge in [-0.1, -0.05) is 6.42 Å². The summed E-state index contributed by atoms with van der Waals surface area (Å²) in [6.45, 7) is 5.31. The van der Waals surface area contributed by atoms with Gasteiger partial charge in [-0.3, -0.25) is 4.79 Å². The second kappa shape index (κ2) is 4.62. The second-order valence-electron chi connectivity index (χ2n) is 4.88. The molecule has 2 heterocycles. The highest BCUT2D eigenvalue weighted by atomic mass is 16.5. The molecule has 2 fully saturated rings. The molecular formula is C12H18NO2. The van der Waals surface area contributed by atoms with Crippen LogP contribution in [0.1, 0.15) is 44.9 Å². The minimum atomic E-state index is 0.137. The van der Waals surface area contributed by atoms with E-state index < -0.39 is 0 Å². The first kappa shape index (κ1) is 11.1. The van der Waals surface area contributed by atoms with Gasteiger partial charge in [-0.2, -0.15) is 0 Å². The van der Waals surface area contributed by atoms with E-state index in [0.717, 1.165) is 25.7 Å². The molecule has 2 atom stereocenters. The number of fused-ring (bicyclic) bond motifs is 2. The Kier molecular flexibility index (Phi) is 3.42. The number of nitrogens with zero attached hydrogens (tertiary/aromatic N) is 1. The van der Waals surface area contributed by atoms with Crippen LogP contribution in [0.15, 0.2) is 0 Å². The molecule has 0 aromatic carbocycles. The van der Waals surface area contributed by atoms with Gasteiger partial charge in [0, 0.05) is 24.9 Å². The van der Waals surface area contributed by atoms with Crippen molar-refractivity contribution in [3.05, 3.63) is 6.92 Å². The molecule has 0 amide bonds. The van der Waals surface area contributed by atoms with Crippen molar-refractivity contribution in [2.75, 3.05) is 0 Å². The highest BCUT2D eigenvalue weighted by molar-refractivity contribution is 5.79. The predicted molar refractivity (Wildman–Crippen MR) is 55.2 cm³/mol. The zero-order chi connectivity index (χ0) is 10.8. The SMILES string of the molecule is [CH]CC(=O)CC1CC2CCCC(C1)N2[O]. The molecule has 83 valence electrons. The molecule has 0 aliphatic carbocycles. The van der Waals surface area contributed by atoms with Crippen molar-refractivity contribution in [3.8, 4) is 0 Å². The van der Waals surface area contributed by atoms with Crippen LogP contribution in [0.2, 0.25) is 0 Å². The normalized spacial score (nSPS) is 36.5. The van der Waals surface area contributed by atoms with Crippen LogP contribution in [-0.4, -0.2) is 22.9 Å². The van der Waals surface area contributed by atoms with E-state index in [-0.39, 0.29) is 24.3 Å². The highest BCUT2D eigenvalue weighted by Gasteiger charge is 2.38. The Morgan fingerprint density at radius 2 is 1.87 bits per heavy atom. The summed E-state index contributed by atoms with van der Waals surface area (Å²) in [7, 11) is 0. The van der Waals surface area contributed by atoms with Crippen LogP contribution in [-0.2, 0) is 10.0 Å². The average molecular weight is 208 g/mol. The summed E-state index contributed by atoms with van der Waals surface area (Å²) < 4.78 is 0. The third kappa shape index (κ3) is 2.40. The van der Waals surface area contributed by atoms with Gasteiger partial charge in [-0.15, -0.1) is 10.3 Å². The topological polar surface area (TPSA) is 40.2 Å². The molecule has 0 spiro atoms. The molecule has 0 saturated carbocycles. The summed E-state index contributed by atoms with van der Waals surface area (Å²) in [5, 5.41) is 13.0. The third-order valence-electron chi connectivity index (χ3n) is 3.75. The van der Waals surface area contributed by atoms with E-state index in [1.54, 1.807) is 0 Å². The molecule has 0 aromatic rings. The molecule has 2 rings (SSSR count). The third-order valence-corrected chi connectivity index (χ3v) is 3.75.